The predicted molar refractivity (Wildman–Crippen MR) is 127 cm³/mol. The summed E-state index contributed by atoms with van der Waals surface area (Å²) in [5.41, 5.74) is 3.44. The minimum Gasteiger partial charge on any atom is -0.497 e. The van der Waals surface area contributed by atoms with Crippen molar-refractivity contribution < 1.29 is 19.4 Å². The van der Waals surface area contributed by atoms with E-state index in [4.69, 9.17) is 14.6 Å². The quantitative estimate of drug-likeness (QED) is 0.547. The standard InChI is InChI=1S/C25H28N4O2.CH2O2/c1-31-22-9-5-6-18(10-22)11-24(30)29-16-21-15-28(14-19-12-26-27-13-19)17-23(21)25(29)20-7-3-2-4-8-20;2-1-3/h2-10,12-13,21,23,25H,11,14-17H2,1H3,(H,26,27);1H,(H,2,3)/t21-,23-,25+;/m0./s1. The lowest BCUT2D eigenvalue weighted by Gasteiger charge is -2.30. The van der Waals surface area contributed by atoms with Crippen molar-refractivity contribution in [1.29, 1.82) is 0 Å². The molecule has 2 aliphatic heterocycles. The summed E-state index contributed by atoms with van der Waals surface area (Å²) >= 11 is 0. The zero-order valence-corrected chi connectivity index (χ0v) is 19.2. The lowest BCUT2D eigenvalue weighted by atomic mass is 9.89. The van der Waals surface area contributed by atoms with Crippen molar-refractivity contribution in [3.8, 4) is 5.75 Å². The molecule has 2 N–H and O–H groups in total. The van der Waals surface area contributed by atoms with Crippen molar-refractivity contribution >= 4 is 12.4 Å². The zero-order chi connectivity index (χ0) is 23.9. The molecule has 0 saturated carbocycles. The number of hydrogen-bond acceptors (Lipinski definition) is 5. The second-order valence-electron chi connectivity index (χ2n) is 8.76. The average molecular weight is 463 g/mol. The fourth-order valence-electron chi connectivity index (χ4n) is 5.28. The van der Waals surface area contributed by atoms with Crippen LogP contribution in [0.15, 0.2) is 67.0 Å². The molecular formula is C26H30N4O4. The van der Waals surface area contributed by atoms with Crippen LogP contribution in [0.3, 0.4) is 0 Å². The highest BCUT2D eigenvalue weighted by Crippen LogP contribution is 2.45. The molecule has 8 heteroatoms. The van der Waals surface area contributed by atoms with Gasteiger partial charge in [0.1, 0.15) is 5.75 Å². The van der Waals surface area contributed by atoms with E-state index >= 15 is 0 Å². The van der Waals surface area contributed by atoms with Gasteiger partial charge >= 0.3 is 0 Å². The number of nitrogens with zero attached hydrogens (tertiary/aromatic N) is 3. The van der Waals surface area contributed by atoms with E-state index in [-0.39, 0.29) is 18.4 Å². The lowest BCUT2D eigenvalue weighted by molar-refractivity contribution is -0.132. The number of amides is 1. The molecule has 5 rings (SSSR count). The van der Waals surface area contributed by atoms with Crippen molar-refractivity contribution in [2.24, 2.45) is 11.8 Å². The van der Waals surface area contributed by atoms with Gasteiger partial charge in [-0.3, -0.25) is 19.6 Å². The highest BCUT2D eigenvalue weighted by Gasteiger charge is 2.48. The summed E-state index contributed by atoms with van der Waals surface area (Å²) in [5.74, 6) is 1.92. The molecule has 0 aliphatic carbocycles. The Morgan fingerprint density at radius 1 is 1.15 bits per heavy atom. The number of H-pyrrole nitrogens is 1. The molecule has 178 valence electrons. The number of carbonyl (C=O) groups is 2. The second-order valence-corrected chi connectivity index (χ2v) is 8.76. The van der Waals surface area contributed by atoms with Gasteiger partial charge in [-0.05, 0) is 29.2 Å². The summed E-state index contributed by atoms with van der Waals surface area (Å²) in [7, 11) is 1.66. The molecule has 34 heavy (non-hydrogen) atoms. The van der Waals surface area contributed by atoms with E-state index in [0.29, 0.717) is 18.3 Å². The summed E-state index contributed by atoms with van der Waals surface area (Å²) in [6, 6.07) is 18.5. The maximum Gasteiger partial charge on any atom is 0.290 e. The molecule has 0 bridgehead atoms. The number of methoxy groups -OCH3 is 1. The SMILES string of the molecule is COc1cccc(CC(=O)N2C[C@@H]3CN(Cc4cn[nH]c4)C[C@@H]3[C@H]2c2ccccc2)c1.O=CO. The third-order valence-electron chi connectivity index (χ3n) is 6.65. The first-order chi connectivity index (χ1) is 16.6. The summed E-state index contributed by atoms with van der Waals surface area (Å²) in [4.78, 5) is 26.4. The van der Waals surface area contributed by atoms with Gasteiger partial charge in [0.05, 0.1) is 25.8 Å². The number of carboxylic acid groups (broad SMARTS) is 1. The minimum absolute atomic E-state index is 0.124. The monoisotopic (exact) mass is 462 g/mol. The van der Waals surface area contributed by atoms with Crippen LogP contribution in [0.5, 0.6) is 5.75 Å². The van der Waals surface area contributed by atoms with Gasteiger partial charge in [-0.1, -0.05) is 42.5 Å². The van der Waals surface area contributed by atoms with Crippen molar-refractivity contribution in [2.45, 2.75) is 19.0 Å². The third kappa shape index (κ3) is 5.28. The highest BCUT2D eigenvalue weighted by molar-refractivity contribution is 5.80. The Kier molecular flexibility index (Phi) is 7.59. The first-order valence-electron chi connectivity index (χ1n) is 11.4. The van der Waals surface area contributed by atoms with Crippen LogP contribution < -0.4 is 4.74 Å². The van der Waals surface area contributed by atoms with Crippen LogP contribution in [-0.4, -0.2) is 64.2 Å². The molecule has 1 amide bonds. The average Bonchev–Trinajstić information content (AvgIpc) is 3.57. The molecule has 0 spiro atoms. The molecular weight excluding hydrogens is 432 g/mol. The van der Waals surface area contributed by atoms with Crippen molar-refractivity contribution in [1.82, 2.24) is 20.0 Å². The Morgan fingerprint density at radius 2 is 1.94 bits per heavy atom. The first kappa shape index (κ1) is 23.5. The molecule has 2 aliphatic rings. The van der Waals surface area contributed by atoms with Gasteiger partial charge in [-0.15, -0.1) is 0 Å². The predicted octanol–water partition coefficient (Wildman–Crippen LogP) is 2.99. The number of benzene rings is 2. The van der Waals surface area contributed by atoms with E-state index < -0.39 is 0 Å². The molecule has 8 nitrogen and oxygen atoms in total. The molecule has 3 aromatic rings. The Morgan fingerprint density at radius 3 is 2.65 bits per heavy atom. The van der Waals surface area contributed by atoms with E-state index in [1.165, 1.54) is 11.1 Å². The normalized spacial score (nSPS) is 21.4. The van der Waals surface area contributed by atoms with Gasteiger partial charge in [-0.25, -0.2) is 0 Å². The van der Waals surface area contributed by atoms with E-state index in [2.05, 4.69) is 44.3 Å². The Balaban J connectivity index is 0.000000868. The van der Waals surface area contributed by atoms with Crippen LogP contribution in [0.2, 0.25) is 0 Å². The smallest absolute Gasteiger partial charge is 0.290 e. The largest absolute Gasteiger partial charge is 0.497 e. The Hall–Kier alpha value is -3.65. The molecule has 1 aromatic heterocycles. The molecule has 2 fully saturated rings. The number of ether oxygens (including phenoxy) is 1. The van der Waals surface area contributed by atoms with E-state index in [9.17, 15) is 4.79 Å². The Labute approximate surface area is 199 Å². The second kappa shape index (κ2) is 11.0. The maximum atomic E-state index is 13.4. The zero-order valence-electron chi connectivity index (χ0n) is 19.2. The fourth-order valence-corrected chi connectivity index (χ4v) is 5.28. The molecule has 3 atom stereocenters. The number of rotatable bonds is 6. The van der Waals surface area contributed by atoms with Crippen LogP contribution in [-0.2, 0) is 22.6 Å². The fraction of sp³-hybridized carbons (Fsp3) is 0.346. The van der Waals surface area contributed by atoms with Crippen molar-refractivity contribution in [3.05, 3.63) is 83.7 Å². The van der Waals surface area contributed by atoms with Gasteiger partial charge < -0.3 is 14.7 Å². The van der Waals surface area contributed by atoms with E-state index in [1.54, 1.807) is 7.11 Å². The summed E-state index contributed by atoms with van der Waals surface area (Å²) < 4.78 is 5.33. The molecule has 3 heterocycles. The third-order valence-corrected chi connectivity index (χ3v) is 6.65. The maximum absolute atomic E-state index is 13.4. The van der Waals surface area contributed by atoms with Crippen molar-refractivity contribution in [3.63, 3.8) is 0 Å². The number of fused-ring (bicyclic) bond motifs is 1. The van der Waals surface area contributed by atoms with E-state index in [1.807, 2.05) is 42.7 Å². The number of aromatic nitrogens is 2. The first-order valence-corrected chi connectivity index (χ1v) is 11.4. The minimum atomic E-state index is -0.250. The van der Waals surface area contributed by atoms with E-state index in [0.717, 1.165) is 37.5 Å². The number of likely N-dealkylation sites (tertiary alicyclic amines) is 2. The summed E-state index contributed by atoms with van der Waals surface area (Å²) in [6.07, 6.45) is 4.26. The van der Waals surface area contributed by atoms with Gasteiger partial charge in [-0.2, -0.15) is 5.10 Å². The highest BCUT2D eigenvalue weighted by atomic mass is 16.5. The van der Waals surface area contributed by atoms with Gasteiger partial charge in [0, 0.05) is 43.9 Å². The van der Waals surface area contributed by atoms with Crippen LogP contribution in [0, 0.1) is 11.8 Å². The topological polar surface area (TPSA) is 98.8 Å². The summed E-state index contributed by atoms with van der Waals surface area (Å²) in [6.45, 7) is 3.48. The van der Waals surface area contributed by atoms with Crippen LogP contribution in [0.25, 0.3) is 0 Å². The molecule has 0 radical (unpaired) electrons. The van der Waals surface area contributed by atoms with Crippen LogP contribution in [0.4, 0.5) is 0 Å². The van der Waals surface area contributed by atoms with Crippen LogP contribution in [0.1, 0.15) is 22.7 Å². The Bertz CT molecular complexity index is 1070. The van der Waals surface area contributed by atoms with Gasteiger partial charge in [0.2, 0.25) is 5.91 Å². The number of hydrogen-bond donors (Lipinski definition) is 2. The van der Waals surface area contributed by atoms with Crippen LogP contribution >= 0.6 is 0 Å². The van der Waals surface area contributed by atoms with Gasteiger partial charge in [0.15, 0.2) is 0 Å². The number of aromatic amines is 1. The van der Waals surface area contributed by atoms with Crippen molar-refractivity contribution in [2.75, 3.05) is 26.7 Å². The number of carbonyl (C=O) groups excluding carboxylic acids is 1. The molecule has 2 saturated heterocycles. The number of nitrogens with one attached hydrogen (secondary N) is 1. The summed E-state index contributed by atoms with van der Waals surface area (Å²) in [5, 5.41) is 13.9. The molecule has 2 aromatic carbocycles. The molecule has 0 unspecified atom stereocenters. The lowest BCUT2D eigenvalue weighted by Crippen LogP contribution is -2.36. The van der Waals surface area contributed by atoms with Gasteiger partial charge in [0.25, 0.3) is 6.47 Å².